The molecule has 0 heterocycles. The van der Waals surface area contributed by atoms with E-state index in [9.17, 15) is 4.79 Å². The van der Waals surface area contributed by atoms with Crippen LogP contribution >= 0.6 is 11.6 Å². The minimum Gasteiger partial charge on any atom is -0.478 e. The van der Waals surface area contributed by atoms with Gasteiger partial charge in [-0.05, 0) is 51.5 Å². The molecule has 1 rings (SSSR count). The predicted molar refractivity (Wildman–Crippen MR) is 78.7 cm³/mol. The molecule has 0 radical (unpaired) electrons. The Morgan fingerprint density at radius 1 is 1.37 bits per heavy atom. The van der Waals surface area contributed by atoms with Gasteiger partial charge < -0.3 is 10.1 Å². The van der Waals surface area contributed by atoms with Gasteiger partial charge in [-0.1, -0.05) is 24.9 Å². The van der Waals surface area contributed by atoms with Crippen LogP contribution in [-0.4, -0.2) is 17.6 Å². The van der Waals surface area contributed by atoms with Gasteiger partial charge in [-0.15, -0.1) is 0 Å². The summed E-state index contributed by atoms with van der Waals surface area (Å²) in [4.78, 5) is 12.2. The third kappa shape index (κ3) is 5.11. The van der Waals surface area contributed by atoms with Gasteiger partial charge in [0.25, 0.3) is 5.91 Å². The van der Waals surface area contributed by atoms with Crippen molar-refractivity contribution in [1.29, 1.82) is 0 Å². The maximum Gasteiger partial charge on any atom is 0.263 e. The first-order valence-corrected chi connectivity index (χ1v) is 6.98. The molecule has 0 spiro atoms. The van der Waals surface area contributed by atoms with E-state index < -0.39 is 5.60 Å². The van der Waals surface area contributed by atoms with E-state index in [-0.39, 0.29) is 11.9 Å². The molecule has 0 aliphatic rings. The highest BCUT2D eigenvalue weighted by Gasteiger charge is 2.30. The number of rotatable bonds is 6. The summed E-state index contributed by atoms with van der Waals surface area (Å²) in [5.74, 6) is 0.524. The van der Waals surface area contributed by atoms with E-state index in [2.05, 4.69) is 12.2 Å². The van der Waals surface area contributed by atoms with Gasteiger partial charge in [0.15, 0.2) is 5.60 Å². The molecule has 3 nitrogen and oxygen atoms in total. The van der Waals surface area contributed by atoms with Crippen molar-refractivity contribution in [1.82, 2.24) is 5.32 Å². The third-order valence-corrected chi connectivity index (χ3v) is 3.08. The van der Waals surface area contributed by atoms with E-state index in [0.29, 0.717) is 10.8 Å². The van der Waals surface area contributed by atoms with Gasteiger partial charge in [-0.25, -0.2) is 0 Å². The number of nitrogens with one attached hydrogen (secondary N) is 1. The second-order valence-corrected chi connectivity index (χ2v) is 5.67. The Kier molecular flexibility index (Phi) is 5.67. The molecule has 19 heavy (non-hydrogen) atoms. The largest absolute Gasteiger partial charge is 0.478 e. The zero-order valence-corrected chi connectivity index (χ0v) is 12.8. The first-order chi connectivity index (χ1) is 8.85. The summed E-state index contributed by atoms with van der Waals surface area (Å²) in [6.07, 6.45) is 2.00. The fourth-order valence-corrected chi connectivity index (χ4v) is 1.87. The van der Waals surface area contributed by atoms with Crippen LogP contribution < -0.4 is 10.1 Å². The van der Waals surface area contributed by atoms with E-state index in [1.54, 1.807) is 38.1 Å². The van der Waals surface area contributed by atoms with Crippen LogP contribution in [0.25, 0.3) is 0 Å². The summed E-state index contributed by atoms with van der Waals surface area (Å²) in [5.41, 5.74) is -0.907. The van der Waals surface area contributed by atoms with Crippen molar-refractivity contribution in [3.63, 3.8) is 0 Å². The van der Waals surface area contributed by atoms with Gasteiger partial charge in [0.1, 0.15) is 5.75 Å². The lowest BCUT2D eigenvalue weighted by Crippen LogP contribution is -2.49. The average Bonchev–Trinajstić information content (AvgIpc) is 2.32. The van der Waals surface area contributed by atoms with E-state index >= 15 is 0 Å². The molecule has 0 saturated carbocycles. The van der Waals surface area contributed by atoms with Crippen LogP contribution in [0.3, 0.4) is 0 Å². The van der Waals surface area contributed by atoms with Gasteiger partial charge in [0.05, 0.1) is 0 Å². The Morgan fingerprint density at radius 2 is 1.95 bits per heavy atom. The number of benzene rings is 1. The number of carbonyl (C=O) groups excluding carboxylic acids is 1. The second kappa shape index (κ2) is 6.80. The summed E-state index contributed by atoms with van der Waals surface area (Å²) < 4.78 is 5.73. The number of hydrogen-bond acceptors (Lipinski definition) is 2. The van der Waals surface area contributed by atoms with Crippen LogP contribution in [0.5, 0.6) is 5.75 Å². The Morgan fingerprint density at radius 3 is 2.47 bits per heavy atom. The molecule has 0 aliphatic carbocycles. The highest BCUT2D eigenvalue weighted by molar-refractivity contribution is 6.30. The molecule has 4 heteroatoms. The van der Waals surface area contributed by atoms with Crippen LogP contribution in [0.4, 0.5) is 0 Å². The van der Waals surface area contributed by atoms with Crippen molar-refractivity contribution in [2.75, 3.05) is 0 Å². The normalized spacial score (nSPS) is 12.9. The molecule has 106 valence electrons. The van der Waals surface area contributed by atoms with Crippen molar-refractivity contribution in [3.05, 3.63) is 29.3 Å². The quantitative estimate of drug-likeness (QED) is 0.862. The predicted octanol–water partition coefficient (Wildman–Crippen LogP) is 3.80. The summed E-state index contributed by atoms with van der Waals surface area (Å²) in [7, 11) is 0. The molecular formula is C15H22ClNO2. The highest BCUT2D eigenvalue weighted by Crippen LogP contribution is 2.21. The topological polar surface area (TPSA) is 38.3 Å². The van der Waals surface area contributed by atoms with E-state index in [0.717, 1.165) is 12.8 Å². The van der Waals surface area contributed by atoms with Crippen molar-refractivity contribution in [2.24, 2.45) is 0 Å². The minimum atomic E-state index is -0.907. The third-order valence-electron chi connectivity index (χ3n) is 2.83. The van der Waals surface area contributed by atoms with E-state index in [1.807, 2.05) is 6.92 Å². The molecule has 1 aromatic rings. The summed E-state index contributed by atoms with van der Waals surface area (Å²) in [5, 5.41) is 3.61. The molecule has 0 saturated heterocycles. The lowest BCUT2D eigenvalue weighted by atomic mass is 10.1. The van der Waals surface area contributed by atoms with Crippen molar-refractivity contribution in [3.8, 4) is 5.75 Å². The lowest BCUT2D eigenvalue weighted by Gasteiger charge is -2.27. The smallest absolute Gasteiger partial charge is 0.263 e. The standard InChI is InChI=1S/C15H22ClNO2/c1-5-6-11(2)17-14(18)15(3,4)19-13-9-7-12(16)8-10-13/h7-11H,5-6H2,1-4H3,(H,17,18)/t11-/m0/s1. The van der Waals surface area contributed by atoms with Gasteiger partial charge in [-0.3, -0.25) is 4.79 Å². The van der Waals surface area contributed by atoms with Crippen LogP contribution in [0, 0.1) is 0 Å². The molecule has 0 fully saturated rings. The Hall–Kier alpha value is -1.22. The molecule has 1 N–H and O–H groups in total. The number of amides is 1. The number of ether oxygens (including phenoxy) is 1. The van der Waals surface area contributed by atoms with Crippen LogP contribution in [0.2, 0.25) is 5.02 Å². The van der Waals surface area contributed by atoms with Gasteiger partial charge in [0.2, 0.25) is 0 Å². The molecule has 1 aromatic carbocycles. The lowest BCUT2D eigenvalue weighted by molar-refractivity contribution is -0.134. The monoisotopic (exact) mass is 283 g/mol. The Labute approximate surface area is 120 Å². The van der Waals surface area contributed by atoms with Gasteiger partial charge >= 0.3 is 0 Å². The molecule has 1 atom stereocenters. The summed E-state index contributed by atoms with van der Waals surface area (Å²) >= 11 is 5.81. The van der Waals surface area contributed by atoms with Gasteiger partial charge in [-0.2, -0.15) is 0 Å². The summed E-state index contributed by atoms with van der Waals surface area (Å²) in [6.45, 7) is 7.61. The zero-order valence-electron chi connectivity index (χ0n) is 12.0. The number of halogens is 1. The van der Waals surface area contributed by atoms with Crippen molar-refractivity contribution >= 4 is 17.5 Å². The van der Waals surface area contributed by atoms with Crippen LogP contribution in [0.1, 0.15) is 40.5 Å². The van der Waals surface area contributed by atoms with Crippen LogP contribution in [0.15, 0.2) is 24.3 Å². The average molecular weight is 284 g/mol. The fraction of sp³-hybridized carbons (Fsp3) is 0.533. The maximum absolute atomic E-state index is 12.2. The SMILES string of the molecule is CCC[C@H](C)NC(=O)C(C)(C)Oc1ccc(Cl)cc1. The summed E-state index contributed by atoms with van der Waals surface area (Å²) in [6, 6.07) is 7.15. The number of hydrogen-bond donors (Lipinski definition) is 1. The van der Waals surface area contributed by atoms with Crippen LogP contribution in [-0.2, 0) is 4.79 Å². The van der Waals surface area contributed by atoms with E-state index in [1.165, 1.54) is 0 Å². The molecule has 0 unspecified atom stereocenters. The Balaban J connectivity index is 2.64. The van der Waals surface area contributed by atoms with Gasteiger partial charge in [0, 0.05) is 11.1 Å². The number of carbonyl (C=O) groups is 1. The fourth-order valence-electron chi connectivity index (χ4n) is 1.75. The van der Waals surface area contributed by atoms with Crippen molar-refractivity contribution in [2.45, 2.75) is 52.2 Å². The van der Waals surface area contributed by atoms with Crippen molar-refractivity contribution < 1.29 is 9.53 Å². The first-order valence-electron chi connectivity index (χ1n) is 6.60. The molecular weight excluding hydrogens is 262 g/mol. The molecule has 0 aromatic heterocycles. The second-order valence-electron chi connectivity index (χ2n) is 5.23. The zero-order chi connectivity index (χ0) is 14.5. The van der Waals surface area contributed by atoms with E-state index in [4.69, 9.17) is 16.3 Å². The first kappa shape index (κ1) is 15.8. The maximum atomic E-state index is 12.2. The molecule has 0 aliphatic heterocycles. The minimum absolute atomic E-state index is 0.108. The Bertz CT molecular complexity index is 415. The molecule has 1 amide bonds. The molecule has 0 bridgehead atoms. The highest BCUT2D eigenvalue weighted by atomic mass is 35.5.